The summed E-state index contributed by atoms with van der Waals surface area (Å²) < 4.78 is 4.26. The Morgan fingerprint density at radius 2 is 1.87 bits per heavy atom. The van der Waals surface area contributed by atoms with Crippen LogP contribution in [0.1, 0.15) is 36.2 Å². The highest BCUT2D eigenvalue weighted by Gasteiger charge is 2.30. The van der Waals surface area contributed by atoms with E-state index in [1.165, 1.54) is 18.4 Å². The number of β-amino-alcohol motifs (C(OH)–C–C–N with tert-alkyl or cyclic N) is 1. The number of piperidine rings is 1. The molecule has 0 spiro atoms. The molecule has 1 N–H and O–H groups in total. The van der Waals surface area contributed by atoms with Crippen molar-refractivity contribution in [2.75, 3.05) is 13.1 Å². The first-order chi connectivity index (χ1) is 15.2. The zero-order chi connectivity index (χ0) is 20.9. The van der Waals surface area contributed by atoms with Gasteiger partial charge in [-0.1, -0.05) is 18.2 Å². The molecule has 1 saturated carbocycles. The van der Waals surface area contributed by atoms with Crippen LogP contribution in [0.2, 0.25) is 0 Å². The summed E-state index contributed by atoms with van der Waals surface area (Å²) in [5, 5.41) is 11.2. The Bertz CT molecular complexity index is 1270. The van der Waals surface area contributed by atoms with Crippen LogP contribution in [0.15, 0.2) is 48.8 Å². The van der Waals surface area contributed by atoms with Crippen molar-refractivity contribution in [1.29, 1.82) is 0 Å². The fourth-order valence-electron chi connectivity index (χ4n) is 4.83. The Balaban J connectivity index is 1.60. The molecule has 1 aromatic carbocycles. The van der Waals surface area contributed by atoms with Gasteiger partial charge in [-0.15, -0.1) is 0 Å². The van der Waals surface area contributed by atoms with E-state index < -0.39 is 6.10 Å². The van der Waals surface area contributed by atoms with Crippen molar-refractivity contribution in [3.05, 3.63) is 54.5 Å². The molecule has 1 atom stereocenters. The number of para-hydroxylation sites is 1. The summed E-state index contributed by atoms with van der Waals surface area (Å²) in [4.78, 5) is 24.3. The van der Waals surface area contributed by atoms with Crippen molar-refractivity contribution in [3.8, 4) is 5.95 Å². The molecular weight excluding hydrogens is 390 g/mol. The van der Waals surface area contributed by atoms with E-state index >= 15 is 0 Å². The van der Waals surface area contributed by atoms with Crippen LogP contribution in [0.4, 0.5) is 0 Å². The number of carbonyl (C=O) groups excluding carboxylic acids is 1. The fraction of sp³-hybridized carbons (Fsp3) is 0.375. The second-order valence-electron chi connectivity index (χ2n) is 8.77. The van der Waals surface area contributed by atoms with Crippen molar-refractivity contribution >= 4 is 27.8 Å². The smallest absolute Gasteiger partial charge is 0.271 e. The number of aliphatic hydroxyl groups is 1. The van der Waals surface area contributed by atoms with Gasteiger partial charge in [0.15, 0.2) is 0 Å². The highest BCUT2D eigenvalue weighted by atomic mass is 16.3. The van der Waals surface area contributed by atoms with Crippen LogP contribution in [-0.2, 0) is 6.54 Å². The zero-order valence-corrected chi connectivity index (χ0v) is 17.3. The summed E-state index contributed by atoms with van der Waals surface area (Å²) >= 11 is 0. The number of nitrogens with zero attached hydrogens (tertiary/aromatic N) is 5. The Morgan fingerprint density at radius 3 is 2.65 bits per heavy atom. The summed E-state index contributed by atoms with van der Waals surface area (Å²) in [5.74, 6) is 1.11. The van der Waals surface area contributed by atoms with E-state index in [9.17, 15) is 9.90 Å². The van der Waals surface area contributed by atoms with Crippen LogP contribution < -0.4 is 0 Å². The zero-order valence-electron chi connectivity index (χ0n) is 17.3. The number of carbonyl (C=O) groups is 1. The average Bonchev–Trinajstić information content (AvgIpc) is 3.47. The number of benzene rings is 1. The highest BCUT2D eigenvalue weighted by molar-refractivity contribution is 6.11. The van der Waals surface area contributed by atoms with Crippen LogP contribution in [0, 0.1) is 5.92 Å². The maximum atomic E-state index is 13.6. The van der Waals surface area contributed by atoms with Gasteiger partial charge in [0.1, 0.15) is 5.69 Å². The SMILES string of the molecule is O=C(c1cc2c(c3ccccc3n2CC2CC2)n1-c1ncccn1)N1CCC[C@@H](O)C1. The van der Waals surface area contributed by atoms with Crippen molar-refractivity contribution in [2.45, 2.75) is 38.3 Å². The number of hydrogen-bond donors (Lipinski definition) is 1. The molecule has 2 aliphatic rings. The fourth-order valence-corrected chi connectivity index (χ4v) is 4.83. The molecule has 0 bridgehead atoms. The van der Waals surface area contributed by atoms with Gasteiger partial charge in [-0.05, 0) is 49.8 Å². The number of amides is 1. The molecule has 7 heteroatoms. The second kappa shape index (κ2) is 7.20. The van der Waals surface area contributed by atoms with E-state index in [-0.39, 0.29) is 5.91 Å². The quantitative estimate of drug-likeness (QED) is 0.554. The van der Waals surface area contributed by atoms with Gasteiger partial charge in [-0.3, -0.25) is 9.36 Å². The predicted octanol–water partition coefficient (Wildman–Crippen LogP) is 3.38. The Hall–Kier alpha value is -3.19. The van der Waals surface area contributed by atoms with E-state index in [2.05, 4.69) is 32.7 Å². The molecule has 0 radical (unpaired) electrons. The highest BCUT2D eigenvalue weighted by Crippen LogP contribution is 2.38. The lowest BCUT2D eigenvalue weighted by molar-refractivity contribution is 0.0467. The van der Waals surface area contributed by atoms with Gasteiger partial charge >= 0.3 is 0 Å². The van der Waals surface area contributed by atoms with Crippen LogP contribution in [0.3, 0.4) is 0 Å². The van der Waals surface area contributed by atoms with Gasteiger partial charge in [-0.25, -0.2) is 9.97 Å². The first-order valence-corrected chi connectivity index (χ1v) is 11.1. The third-order valence-electron chi connectivity index (χ3n) is 6.51. The average molecular weight is 415 g/mol. The topological polar surface area (TPSA) is 76.2 Å². The lowest BCUT2D eigenvalue weighted by atomic mass is 10.1. The van der Waals surface area contributed by atoms with Crippen LogP contribution >= 0.6 is 0 Å². The summed E-state index contributed by atoms with van der Waals surface area (Å²) in [6.45, 7) is 1.98. The first kappa shape index (κ1) is 18.6. The molecule has 2 fully saturated rings. The normalized spacial score (nSPS) is 19.4. The van der Waals surface area contributed by atoms with Crippen LogP contribution in [0.5, 0.6) is 0 Å². The lowest BCUT2D eigenvalue weighted by Crippen LogP contribution is -2.42. The van der Waals surface area contributed by atoms with E-state index in [1.54, 1.807) is 23.4 Å². The molecule has 1 saturated heterocycles. The minimum absolute atomic E-state index is 0.0792. The van der Waals surface area contributed by atoms with E-state index in [4.69, 9.17) is 0 Å². The number of hydrogen-bond acceptors (Lipinski definition) is 4. The third kappa shape index (κ3) is 3.11. The van der Waals surface area contributed by atoms with Gasteiger partial charge < -0.3 is 14.6 Å². The van der Waals surface area contributed by atoms with Crippen LogP contribution in [0.25, 0.3) is 27.9 Å². The maximum absolute atomic E-state index is 13.6. The molecule has 31 heavy (non-hydrogen) atoms. The molecule has 4 aromatic rings. The minimum atomic E-state index is -0.465. The molecule has 4 heterocycles. The molecular formula is C24H25N5O2. The van der Waals surface area contributed by atoms with Gasteiger partial charge in [0.05, 0.1) is 22.7 Å². The summed E-state index contributed by atoms with van der Waals surface area (Å²) in [7, 11) is 0. The monoisotopic (exact) mass is 415 g/mol. The summed E-state index contributed by atoms with van der Waals surface area (Å²) in [5.41, 5.74) is 3.75. The Labute approximate surface area is 179 Å². The van der Waals surface area contributed by atoms with Gasteiger partial charge in [0.25, 0.3) is 5.91 Å². The van der Waals surface area contributed by atoms with Crippen LogP contribution in [-0.4, -0.2) is 54.2 Å². The predicted molar refractivity (Wildman–Crippen MR) is 118 cm³/mol. The van der Waals surface area contributed by atoms with Crippen molar-refractivity contribution < 1.29 is 9.90 Å². The Morgan fingerprint density at radius 1 is 1.06 bits per heavy atom. The van der Waals surface area contributed by atoms with E-state index in [1.807, 2.05) is 16.7 Å². The van der Waals surface area contributed by atoms with Gasteiger partial charge in [0.2, 0.25) is 5.95 Å². The molecule has 3 aromatic heterocycles. The van der Waals surface area contributed by atoms with Crippen molar-refractivity contribution in [1.82, 2.24) is 24.0 Å². The largest absolute Gasteiger partial charge is 0.391 e. The maximum Gasteiger partial charge on any atom is 0.271 e. The number of fused-ring (bicyclic) bond motifs is 3. The van der Waals surface area contributed by atoms with Crippen molar-refractivity contribution in [3.63, 3.8) is 0 Å². The number of aliphatic hydroxyl groups excluding tert-OH is 1. The summed E-state index contributed by atoms with van der Waals surface area (Å²) in [6.07, 6.45) is 7.01. The standard InChI is InChI=1S/C24H25N5O2/c30-17-5-3-12-27(15-17)23(31)21-13-20-22(29(21)24-25-10-4-11-26-24)18-6-1-2-7-19(18)28(20)14-16-8-9-16/h1-2,4,6-7,10-11,13,16-17,30H,3,5,8-9,12,14-15H2/t17-/m1/s1. The Kier molecular flexibility index (Phi) is 4.31. The molecule has 158 valence electrons. The molecule has 1 aliphatic heterocycles. The number of rotatable bonds is 4. The third-order valence-corrected chi connectivity index (χ3v) is 6.51. The molecule has 7 nitrogen and oxygen atoms in total. The van der Waals surface area contributed by atoms with Gasteiger partial charge in [-0.2, -0.15) is 0 Å². The number of aromatic nitrogens is 4. The van der Waals surface area contributed by atoms with Crippen molar-refractivity contribution in [2.24, 2.45) is 5.92 Å². The molecule has 1 amide bonds. The minimum Gasteiger partial charge on any atom is -0.391 e. The molecule has 1 aliphatic carbocycles. The summed E-state index contributed by atoms with van der Waals surface area (Å²) in [6, 6.07) is 12.1. The lowest BCUT2D eigenvalue weighted by Gasteiger charge is -2.30. The second-order valence-corrected chi connectivity index (χ2v) is 8.77. The number of likely N-dealkylation sites (tertiary alicyclic amines) is 1. The molecule has 6 rings (SSSR count). The van der Waals surface area contributed by atoms with E-state index in [0.29, 0.717) is 30.6 Å². The molecule has 0 unspecified atom stereocenters. The van der Waals surface area contributed by atoms with E-state index in [0.717, 1.165) is 35.8 Å². The first-order valence-electron chi connectivity index (χ1n) is 11.1. The van der Waals surface area contributed by atoms with Gasteiger partial charge in [0, 0.05) is 37.4 Å².